The number of nitrogens with zero attached hydrogens (tertiary/aromatic N) is 1. The summed E-state index contributed by atoms with van der Waals surface area (Å²) in [5.74, 6) is 0.162. The van der Waals surface area contributed by atoms with E-state index in [1.54, 1.807) is 6.07 Å². The molecule has 3 nitrogen and oxygen atoms in total. The maximum atomic E-state index is 12.0. The van der Waals surface area contributed by atoms with Crippen LogP contribution in [0.1, 0.15) is 24.4 Å². The summed E-state index contributed by atoms with van der Waals surface area (Å²) in [7, 11) is 0. The van der Waals surface area contributed by atoms with Crippen LogP contribution in [0.5, 0.6) is 0 Å². The monoisotopic (exact) mass is 241 g/mol. The molecule has 0 amide bonds. The van der Waals surface area contributed by atoms with Crippen LogP contribution in [-0.4, -0.2) is 10.9 Å². The molecule has 0 spiro atoms. The van der Waals surface area contributed by atoms with Gasteiger partial charge in [0, 0.05) is 11.6 Å². The molecule has 0 fully saturated rings. The van der Waals surface area contributed by atoms with Crippen LogP contribution >= 0.6 is 0 Å². The quantitative estimate of drug-likeness (QED) is 0.605. The first-order chi connectivity index (χ1) is 8.59. The third-order valence-electron chi connectivity index (χ3n) is 2.79. The summed E-state index contributed by atoms with van der Waals surface area (Å²) < 4.78 is 5.09. The molecule has 0 aliphatic carbocycles. The van der Waals surface area contributed by atoms with Gasteiger partial charge in [0.1, 0.15) is 5.69 Å². The fraction of sp³-hybridized carbons (Fsp3) is 0.200. The van der Waals surface area contributed by atoms with Crippen molar-refractivity contribution in [3.63, 3.8) is 0 Å². The molecular weight excluding hydrogens is 226 g/mol. The molecule has 0 aliphatic rings. The third-order valence-corrected chi connectivity index (χ3v) is 2.79. The van der Waals surface area contributed by atoms with Gasteiger partial charge in [-0.2, -0.15) is 0 Å². The van der Waals surface area contributed by atoms with Crippen molar-refractivity contribution >= 4 is 5.78 Å². The Kier molecular flexibility index (Phi) is 3.42. The first-order valence-corrected chi connectivity index (χ1v) is 5.85. The summed E-state index contributed by atoms with van der Waals surface area (Å²) in [6.07, 6.45) is 0. The lowest BCUT2D eigenvalue weighted by Gasteiger charge is -2.04. The second-order valence-corrected chi connectivity index (χ2v) is 4.45. The van der Waals surface area contributed by atoms with E-state index in [-0.39, 0.29) is 17.5 Å². The first kappa shape index (κ1) is 12.3. The summed E-state index contributed by atoms with van der Waals surface area (Å²) in [5, 5.41) is 3.91. The fourth-order valence-electron chi connectivity index (χ4n) is 1.55. The van der Waals surface area contributed by atoms with Crippen LogP contribution in [0.25, 0.3) is 11.3 Å². The maximum absolute atomic E-state index is 12.0. The molecule has 0 saturated heterocycles. The maximum Gasteiger partial charge on any atom is 0.226 e. The Morgan fingerprint density at radius 3 is 2.56 bits per heavy atom. The van der Waals surface area contributed by atoms with Gasteiger partial charge in [-0.3, -0.25) is 4.79 Å². The SMILES string of the molecule is C=C(C(=O)c1cc(-c2ccccc2)no1)C(C)C. The molecule has 2 aromatic rings. The average Bonchev–Trinajstić information content (AvgIpc) is 2.87. The molecule has 1 heterocycles. The van der Waals surface area contributed by atoms with Crippen molar-refractivity contribution in [3.8, 4) is 11.3 Å². The Morgan fingerprint density at radius 2 is 1.94 bits per heavy atom. The molecule has 0 aliphatic heterocycles. The normalized spacial score (nSPS) is 10.6. The minimum absolute atomic E-state index is 0.0998. The standard InChI is InChI=1S/C15H15NO2/c1-10(2)11(3)15(17)14-9-13(16-18-14)12-7-5-4-6-8-12/h4-10H,3H2,1-2H3. The molecule has 18 heavy (non-hydrogen) atoms. The van der Waals surface area contributed by atoms with Crippen LogP contribution < -0.4 is 0 Å². The number of allylic oxidation sites excluding steroid dienone is 1. The minimum Gasteiger partial charge on any atom is -0.352 e. The van der Waals surface area contributed by atoms with Crippen LogP contribution in [0.4, 0.5) is 0 Å². The van der Waals surface area contributed by atoms with Gasteiger partial charge < -0.3 is 4.52 Å². The Morgan fingerprint density at radius 1 is 1.28 bits per heavy atom. The van der Waals surface area contributed by atoms with Gasteiger partial charge in [0.05, 0.1) is 0 Å². The molecule has 0 radical (unpaired) electrons. The molecule has 0 atom stereocenters. The highest BCUT2D eigenvalue weighted by atomic mass is 16.5. The number of benzene rings is 1. The van der Waals surface area contributed by atoms with Crippen molar-refractivity contribution in [1.29, 1.82) is 0 Å². The number of Topliss-reactive ketones (excluding diaryl/α,β-unsaturated/α-hetero) is 1. The van der Waals surface area contributed by atoms with Crippen LogP contribution in [0, 0.1) is 5.92 Å². The Balaban J connectivity index is 2.27. The van der Waals surface area contributed by atoms with E-state index >= 15 is 0 Å². The van der Waals surface area contributed by atoms with E-state index in [4.69, 9.17) is 4.52 Å². The summed E-state index contributed by atoms with van der Waals surface area (Å²) in [5.41, 5.74) is 2.12. The number of hydrogen-bond acceptors (Lipinski definition) is 3. The molecule has 2 rings (SSSR count). The van der Waals surface area contributed by atoms with Crippen LogP contribution in [0.15, 0.2) is 53.1 Å². The molecule has 0 unspecified atom stereocenters. The Labute approximate surface area is 106 Å². The number of hydrogen-bond donors (Lipinski definition) is 0. The number of aromatic nitrogens is 1. The van der Waals surface area contributed by atoms with Crippen molar-refractivity contribution in [2.45, 2.75) is 13.8 Å². The summed E-state index contributed by atoms with van der Waals surface area (Å²) in [4.78, 5) is 12.0. The minimum atomic E-state index is -0.181. The Bertz CT molecular complexity index is 567. The van der Waals surface area contributed by atoms with Gasteiger partial charge in [0.2, 0.25) is 11.5 Å². The molecule has 1 aromatic carbocycles. The van der Waals surface area contributed by atoms with E-state index in [2.05, 4.69) is 11.7 Å². The molecular formula is C15H15NO2. The molecule has 92 valence electrons. The lowest BCUT2D eigenvalue weighted by molar-refractivity contribution is 0.0987. The largest absolute Gasteiger partial charge is 0.352 e. The zero-order chi connectivity index (χ0) is 13.1. The zero-order valence-electron chi connectivity index (χ0n) is 10.5. The van der Waals surface area contributed by atoms with E-state index in [0.717, 1.165) is 5.56 Å². The first-order valence-electron chi connectivity index (χ1n) is 5.85. The van der Waals surface area contributed by atoms with Gasteiger partial charge in [-0.25, -0.2) is 0 Å². The average molecular weight is 241 g/mol. The summed E-state index contributed by atoms with van der Waals surface area (Å²) in [6.45, 7) is 7.63. The van der Waals surface area contributed by atoms with Gasteiger partial charge >= 0.3 is 0 Å². The fourth-order valence-corrected chi connectivity index (χ4v) is 1.55. The molecule has 0 bridgehead atoms. The third kappa shape index (κ3) is 2.40. The van der Waals surface area contributed by atoms with E-state index in [1.165, 1.54) is 0 Å². The van der Waals surface area contributed by atoms with Gasteiger partial charge in [-0.15, -0.1) is 0 Å². The highest BCUT2D eigenvalue weighted by Crippen LogP contribution is 2.21. The van der Waals surface area contributed by atoms with Crippen molar-refractivity contribution in [2.24, 2.45) is 5.92 Å². The van der Waals surface area contributed by atoms with Crippen molar-refractivity contribution in [2.75, 3.05) is 0 Å². The molecule has 1 aromatic heterocycles. The van der Waals surface area contributed by atoms with Gasteiger partial charge in [0.25, 0.3) is 0 Å². The smallest absolute Gasteiger partial charge is 0.226 e. The van der Waals surface area contributed by atoms with E-state index in [1.807, 2.05) is 44.2 Å². The zero-order valence-corrected chi connectivity index (χ0v) is 10.5. The molecule has 3 heteroatoms. The van der Waals surface area contributed by atoms with Crippen molar-refractivity contribution in [3.05, 3.63) is 54.3 Å². The topological polar surface area (TPSA) is 43.1 Å². The van der Waals surface area contributed by atoms with E-state index in [9.17, 15) is 4.79 Å². The van der Waals surface area contributed by atoms with Crippen LogP contribution in [0.2, 0.25) is 0 Å². The number of ketones is 1. The number of rotatable bonds is 4. The second-order valence-electron chi connectivity index (χ2n) is 4.45. The molecule has 0 N–H and O–H groups in total. The van der Waals surface area contributed by atoms with Gasteiger partial charge in [-0.05, 0) is 11.5 Å². The second kappa shape index (κ2) is 5.00. The van der Waals surface area contributed by atoms with E-state index in [0.29, 0.717) is 11.3 Å². The highest BCUT2D eigenvalue weighted by Gasteiger charge is 2.18. The molecule has 0 saturated carbocycles. The summed E-state index contributed by atoms with van der Waals surface area (Å²) in [6, 6.07) is 11.3. The van der Waals surface area contributed by atoms with Crippen LogP contribution in [-0.2, 0) is 0 Å². The lowest BCUT2D eigenvalue weighted by Crippen LogP contribution is -2.06. The number of carbonyl (C=O) groups excluding carboxylic acids is 1. The van der Waals surface area contributed by atoms with Gasteiger partial charge in [0.15, 0.2) is 0 Å². The van der Waals surface area contributed by atoms with Crippen molar-refractivity contribution < 1.29 is 9.32 Å². The van der Waals surface area contributed by atoms with Crippen molar-refractivity contribution in [1.82, 2.24) is 5.16 Å². The predicted octanol–water partition coefficient (Wildman–Crippen LogP) is 3.74. The predicted molar refractivity (Wildman–Crippen MR) is 70.2 cm³/mol. The number of carbonyl (C=O) groups is 1. The lowest BCUT2D eigenvalue weighted by atomic mass is 9.99. The van der Waals surface area contributed by atoms with Crippen LogP contribution in [0.3, 0.4) is 0 Å². The van der Waals surface area contributed by atoms with E-state index < -0.39 is 0 Å². The summed E-state index contributed by atoms with van der Waals surface area (Å²) >= 11 is 0. The highest BCUT2D eigenvalue weighted by molar-refractivity contribution is 6.07. The Hall–Kier alpha value is -2.16. The van der Waals surface area contributed by atoms with Gasteiger partial charge in [-0.1, -0.05) is 55.9 Å².